The molecule has 0 radical (unpaired) electrons. The Labute approximate surface area is 208 Å². The van der Waals surface area contributed by atoms with Crippen molar-refractivity contribution in [1.82, 2.24) is 10.1 Å². The number of epoxide rings is 1. The van der Waals surface area contributed by atoms with Gasteiger partial charge in [-0.15, -0.1) is 0 Å². The molecule has 0 bridgehead atoms. The zero-order valence-electron chi connectivity index (χ0n) is 21.8. The third kappa shape index (κ3) is 4.66. The van der Waals surface area contributed by atoms with Crippen LogP contribution in [-0.2, 0) is 28.4 Å². The molecule has 2 atom stereocenters. The van der Waals surface area contributed by atoms with Gasteiger partial charge in [-0.25, -0.2) is 10.1 Å². The second-order valence-electron chi connectivity index (χ2n) is 9.73. The van der Waals surface area contributed by atoms with E-state index < -0.39 is 37.9 Å². The van der Waals surface area contributed by atoms with Crippen LogP contribution < -0.4 is 10.4 Å². The predicted octanol–water partition coefficient (Wildman–Crippen LogP) is 2.13. The lowest BCUT2D eigenvalue weighted by Gasteiger charge is -2.44. The van der Waals surface area contributed by atoms with Gasteiger partial charge in [-0.1, -0.05) is 81.4 Å². The highest BCUT2D eigenvalue weighted by Crippen LogP contribution is 2.46. The van der Waals surface area contributed by atoms with Crippen LogP contribution in [0.5, 0.6) is 0 Å². The summed E-state index contributed by atoms with van der Waals surface area (Å²) in [5, 5.41) is 3.91. The number of amides is 2. The number of carbonyl (C=O) groups excluding carboxylic acids is 2. The highest BCUT2D eigenvalue weighted by Gasteiger charge is 2.73. The maximum atomic E-state index is 13.3. The van der Waals surface area contributed by atoms with Gasteiger partial charge >= 0.3 is 0 Å². The van der Waals surface area contributed by atoms with Gasteiger partial charge in [-0.05, 0) is 22.3 Å². The van der Waals surface area contributed by atoms with Gasteiger partial charge in [-0.3, -0.25) is 19.3 Å². The topological polar surface area (TPSA) is 80.8 Å². The van der Waals surface area contributed by atoms with E-state index in [9.17, 15) is 9.59 Å². The van der Waals surface area contributed by atoms with E-state index in [0.29, 0.717) is 0 Å². The Morgan fingerprint density at radius 1 is 0.886 bits per heavy atom. The number of rotatable bonds is 9. The number of ether oxygens (including phenoxy) is 1. The van der Waals surface area contributed by atoms with Crippen LogP contribution >= 0.6 is 0 Å². The molecule has 35 heavy (non-hydrogen) atoms. The van der Waals surface area contributed by atoms with Gasteiger partial charge in [0, 0.05) is 14.1 Å². The largest absolute Gasteiger partial charge is 0.402 e. The second-order valence-corrected chi connectivity index (χ2v) is 14.0. The van der Waals surface area contributed by atoms with Gasteiger partial charge in [-0.2, -0.15) is 0 Å². The summed E-state index contributed by atoms with van der Waals surface area (Å²) >= 11 is 0. The number of hydrogen-bond acceptors (Lipinski definition) is 6. The van der Waals surface area contributed by atoms with E-state index in [4.69, 9.17) is 18.8 Å². The highest BCUT2D eigenvalue weighted by molar-refractivity contribution is 6.99. The van der Waals surface area contributed by atoms with E-state index in [1.807, 2.05) is 43.3 Å². The lowest BCUT2D eigenvalue weighted by Crippen LogP contribution is -2.68. The smallest absolute Gasteiger partial charge is 0.290 e. The lowest BCUT2D eigenvalue weighted by atomic mass is 10.00. The van der Waals surface area contributed by atoms with Crippen molar-refractivity contribution < 1.29 is 28.4 Å². The number of benzene rings is 2. The molecule has 2 amide bonds. The molecule has 0 aromatic heterocycles. The fraction of sp³-hybridized carbons (Fsp3) is 0.462. The average Bonchev–Trinajstić information content (AvgIpc) is 3.62. The zero-order chi connectivity index (χ0) is 26.0. The van der Waals surface area contributed by atoms with Crippen LogP contribution in [-0.4, -0.2) is 76.4 Å². The second kappa shape index (κ2) is 10.2. The molecule has 3 rings (SSSR count). The maximum Gasteiger partial charge on any atom is 0.290 e. The van der Waals surface area contributed by atoms with Crippen molar-refractivity contribution in [1.29, 1.82) is 0 Å². The Morgan fingerprint density at radius 3 is 1.63 bits per heavy atom. The molecule has 0 unspecified atom stereocenters. The summed E-state index contributed by atoms with van der Waals surface area (Å²) in [4.78, 5) is 36.7. The molecule has 9 heteroatoms. The minimum atomic E-state index is -2.93. The van der Waals surface area contributed by atoms with Crippen molar-refractivity contribution in [3.63, 3.8) is 0 Å². The molecule has 1 saturated heterocycles. The Hall–Kier alpha value is -2.56. The van der Waals surface area contributed by atoms with Crippen LogP contribution in [0.1, 0.15) is 27.7 Å². The Balaban J connectivity index is 2.09. The third-order valence-corrected chi connectivity index (χ3v) is 11.7. The first-order valence-electron chi connectivity index (χ1n) is 11.6. The van der Waals surface area contributed by atoms with E-state index in [-0.39, 0.29) is 5.04 Å². The minimum absolute atomic E-state index is 0.276. The molecule has 1 heterocycles. The van der Waals surface area contributed by atoms with Crippen LogP contribution in [0.4, 0.5) is 0 Å². The van der Waals surface area contributed by atoms with Gasteiger partial charge in [0.1, 0.15) is 6.10 Å². The number of carbonyl (C=O) groups is 2. The van der Waals surface area contributed by atoms with Crippen LogP contribution in [0.15, 0.2) is 60.7 Å². The number of hydroxylamine groups is 4. The summed E-state index contributed by atoms with van der Waals surface area (Å²) in [7, 11) is 2.67. The molecule has 2 aromatic carbocycles. The normalized spacial score (nSPS) is 18.0. The van der Waals surface area contributed by atoms with Gasteiger partial charge in [0.15, 0.2) is 0 Å². The van der Waals surface area contributed by atoms with Crippen molar-refractivity contribution in [3.8, 4) is 0 Å². The van der Waals surface area contributed by atoms with Gasteiger partial charge in [0.25, 0.3) is 25.7 Å². The first-order valence-corrected chi connectivity index (χ1v) is 13.5. The van der Waals surface area contributed by atoms with Gasteiger partial charge < -0.3 is 9.16 Å². The summed E-state index contributed by atoms with van der Waals surface area (Å²) in [6, 6.07) is 20.3. The van der Waals surface area contributed by atoms with Gasteiger partial charge in [0.2, 0.25) is 0 Å². The van der Waals surface area contributed by atoms with Crippen molar-refractivity contribution in [2.24, 2.45) is 0 Å². The molecule has 0 spiro atoms. The quantitative estimate of drug-likeness (QED) is 0.227. The Kier molecular flexibility index (Phi) is 7.88. The summed E-state index contributed by atoms with van der Waals surface area (Å²) in [5.41, 5.74) is -1.79. The molecular formula is C26H36N2O6Si. The number of nitrogens with zero attached hydrogens (tertiary/aromatic N) is 2. The average molecular weight is 501 g/mol. The van der Waals surface area contributed by atoms with E-state index >= 15 is 0 Å². The minimum Gasteiger partial charge on any atom is -0.402 e. The first-order chi connectivity index (χ1) is 16.5. The fourth-order valence-electron chi connectivity index (χ4n) is 4.69. The summed E-state index contributed by atoms with van der Waals surface area (Å²) in [5.74, 6) is -1.23. The molecule has 1 fully saturated rings. The van der Waals surface area contributed by atoms with Crippen LogP contribution in [0, 0.1) is 0 Å². The molecule has 0 saturated carbocycles. The highest BCUT2D eigenvalue weighted by atomic mass is 28.4. The standard InChI is InChI=1S/C26H36N2O6Si/c1-19(22-26(33-22,23(29)27(5)31-7)24(30)28(6)32-8)34-35(25(2,3)4,20-15-11-9-12-16-20)21-17-13-10-14-18-21/h9-19,22H,1-8H3/t19-,22-/m0/s1. The van der Waals surface area contributed by atoms with Crippen molar-refractivity contribution >= 4 is 30.5 Å². The van der Waals surface area contributed by atoms with Crippen molar-refractivity contribution in [2.45, 2.75) is 50.5 Å². The molecule has 0 aliphatic carbocycles. The molecule has 1 aliphatic heterocycles. The predicted molar refractivity (Wildman–Crippen MR) is 135 cm³/mol. The van der Waals surface area contributed by atoms with E-state index in [1.54, 1.807) is 0 Å². The first kappa shape index (κ1) is 27.0. The Morgan fingerprint density at radius 2 is 1.29 bits per heavy atom. The SMILES string of the molecule is CON(C)C(=O)C1(C(=O)N(C)OC)O[C@H]1[C@H](C)O[Si](c1ccccc1)(c1ccccc1)C(C)(C)C. The monoisotopic (exact) mass is 500 g/mol. The maximum absolute atomic E-state index is 13.3. The van der Waals surface area contributed by atoms with Crippen molar-refractivity contribution in [2.75, 3.05) is 28.3 Å². The summed E-state index contributed by atoms with van der Waals surface area (Å²) in [6.07, 6.45) is -1.41. The van der Waals surface area contributed by atoms with E-state index in [0.717, 1.165) is 20.5 Å². The molecular weight excluding hydrogens is 464 g/mol. The van der Waals surface area contributed by atoms with E-state index in [2.05, 4.69) is 45.0 Å². The molecule has 2 aromatic rings. The van der Waals surface area contributed by atoms with Gasteiger partial charge in [0.05, 0.1) is 20.3 Å². The summed E-state index contributed by atoms with van der Waals surface area (Å²) in [6.45, 7) is 8.36. The zero-order valence-corrected chi connectivity index (χ0v) is 22.8. The van der Waals surface area contributed by atoms with Crippen LogP contribution in [0.25, 0.3) is 0 Å². The van der Waals surface area contributed by atoms with E-state index in [1.165, 1.54) is 28.3 Å². The van der Waals surface area contributed by atoms with Crippen LogP contribution in [0.3, 0.4) is 0 Å². The molecule has 8 nitrogen and oxygen atoms in total. The molecule has 1 aliphatic rings. The van der Waals surface area contributed by atoms with Crippen molar-refractivity contribution in [3.05, 3.63) is 60.7 Å². The number of likely N-dealkylation sites (N-methyl/N-ethyl adjacent to an activating group) is 2. The lowest BCUT2D eigenvalue weighted by molar-refractivity contribution is -0.189. The summed E-state index contributed by atoms with van der Waals surface area (Å²) < 4.78 is 13.0. The molecule has 0 N–H and O–H groups in total. The molecule has 190 valence electrons. The number of hydrogen-bond donors (Lipinski definition) is 0. The van der Waals surface area contributed by atoms with Crippen LogP contribution in [0.2, 0.25) is 5.04 Å². The Bertz CT molecular complexity index is 966. The fourth-order valence-corrected chi connectivity index (χ4v) is 9.39. The third-order valence-electron chi connectivity index (χ3n) is 6.62.